The first-order chi connectivity index (χ1) is 14.0. The number of carbonyl (C=O) groups is 1. The third-order valence-corrected chi connectivity index (χ3v) is 5.51. The van der Waals surface area contributed by atoms with E-state index in [1.807, 2.05) is 12.1 Å². The molecular weight excluding hydrogens is 431 g/mol. The Labute approximate surface area is 182 Å². The van der Waals surface area contributed by atoms with Gasteiger partial charge in [-0.1, -0.05) is 29.3 Å². The van der Waals surface area contributed by atoms with E-state index in [1.54, 1.807) is 50.8 Å². The Morgan fingerprint density at radius 3 is 2.69 bits per heavy atom. The first-order valence-corrected chi connectivity index (χ1v) is 10.2. The Hall–Kier alpha value is -2.54. The molecule has 150 valence electrons. The second kappa shape index (κ2) is 9.78. The van der Waals surface area contributed by atoms with Crippen molar-refractivity contribution in [2.45, 2.75) is 6.42 Å². The molecule has 0 saturated heterocycles. The maximum Gasteiger partial charge on any atom is 0.250 e. The van der Waals surface area contributed by atoms with Crippen LogP contribution in [0.2, 0.25) is 10.0 Å². The SMILES string of the molecule is COc1ccc(/C=C/C(=O)Nc2ncc(Cc3cc(Cl)ccc3Cl)s2)cc1OC. The van der Waals surface area contributed by atoms with Gasteiger partial charge in [-0.2, -0.15) is 0 Å². The number of halogens is 2. The highest BCUT2D eigenvalue weighted by atomic mass is 35.5. The number of hydrogen-bond donors (Lipinski definition) is 1. The van der Waals surface area contributed by atoms with E-state index >= 15 is 0 Å². The summed E-state index contributed by atoms with van der Waals surface area (Å²) in [4.78, 5) is 17.4. The third kappa shape index (κ3) is 5.73. The van der Waals surface area contributed by atoms with Crippen LogP contribution in [0.5, 0.6) is 11.5 Å². The van der Waals surface area contributed by atoms with Gasteiger partial charge in [0.15, 0.2) is 16.6 Å². The zero-order valence-electron chi connectivity index (χ0n) is 15.7. The van der Waals surface area contributed by atoms with Gasteiger partial charge in [0.2, 0.25) is 5.91 Å². The van der Waals surface area contributed by atoms with Crippen molar-refractivity contribution in [2.75, 3.05) is 19.5 Å². The van der Waals surface area contributed by atoms with E-state index in [4.69, 9.17) is 32.7 Å². The van der Waals surface area contributed by atoms with Gasteiger partial charge in [0.1, 0.15) is 0 Å². The van der Waals surface area contributed by atoms with Crippen molar-refractivity contribution in [1.29, 1.82) is 0 Å². The molecule has 1 aromatic heterocycles. The van der Waals surface area contributed by atoms with Crippen LogP contribution >= 0.6 is 34.5 Å². The van der Waals surface area contributed by atoms with Gasteiger partial charge in [0.05, 0.1) is 14.2 Å². The predicted molar refractivity (Wildman–Crippen MR) is 119 cm³/mol. The molecule has 0 aliphatic carbocycles. The number of methoxy groups -OCH3 is 2. The number of carbonyl (C=O) groups excluding carboxylic acids is 1. The lowest BCUT2D eigenvalue weighted by Crippen LogP contribution is -2.07. The fourth-order valence-corrected chi connectivity index (χ4v) is 3.81. The lowest BCUT2D eigenvalue weighted by atomic mass is 10.1. The van der Waals surface area contributed by atoms with E-state index < -0.39 is 0 Å². The second-order valence-electron chi connectivity index (χ2n) is 5.98. The Morgan fingerprint density at radius 2 is 1.93 bits per heavy atom. The number of nitrogens with one attached hydrogen (secondary N) is 1. The summed E-state index contributed by atoms with van der Waals surface area (Å²) in [5.41, 5.74) is 1.72. The molecule has 0 unspecified atom stereocenters. The van der Waals surface area contributed by atoms with E-state index in [9.17, 15) is 4.79 Å². The van der Waals surface area contributed by atoms with Crippen LogP contribution in [0.3, 0.4) is 0 Å². The van der Waals surface area contributed by atoms with Gasteiger partial charge in [0, 0.05) is 33.6 Å². The van der Waals surface area contributed by atoms with Gasteiger partial charge in [0.25, 0.3) is 0 Å². The monoisotopic (exact) mass is 448 g/mol. The highest BCUT2D eigenvalue weighted by Gasteiger charge is 2.09. The van der Waals surface area contributed by atoms with Gasteiger partial charge in [-0.3, -0.25) is 10.1 Å². The molecule has 3 aromatic rings. The third-order valence-electron chi connectivity index (χ3n) is 3.99. The maximum absolute atomic E-state index is 12.2. The van der Waals surface area contributed by atoms with Crippen molar-refractivity contribution in [3.05, 3.63) is 74.7 Å². The van der Waals surface area contributed by atoms with Crippen molar-refractivity contribution in [1.82, 2.24) is 4.98 Å². The Kier molecular flexibility index (Phi) is 7.14. The molecule has 0 atom stereocenters. The van der Waals surface area contributed by atoms with Crippen LogP contribution in [0.1, 0.15) is 16.0 Å². The Morgan fingerprint density at radius 1 is 1.14 bits per heavy atom. The molecule has 2 aromatic carbocycles. The molecule has 0 aliphatic heterocycles. The molecule has 5 nitrogen and oxygen atoms in total. The van der Waals surface area contributed by atoms with Gasteiger partial charge in [-0.05, 0) is 47.5 Å². The molecule has 0 saturated carbocycles. The van der Waals surface area contributed by atoms with Crippen LogP contribution in [0.15, 0.2) is 48.7 Å². The summed E-state index contributed by atoms with van der Waals surface area (Å²) < 4.78 is 10.5. The van der Waals surface area contributed by atoms with Crippen LogP contribution < -0.4 is 14.8 Å². The molecule has 1 N–H and O–H groups in total. The smallest absolute Gasteiger partial charge is 0.250 e. The summed E-state index contributed by atoms with van der Waals surface area (Å²) in [7, 11) is 3.14. The van der Waals surface area contributed by atoms with E-state index in [0.717, 1.165) is 16.0 Å². The number of rotatable bonds is 7. The molecule has 0 aliphatic rings. The summed E-state index contributed by atoms with van der Waals surface area (Å²) in [6.07, 6.45) is 5.44. The molecule has 0 radical (unpaired) electrons. The molecular formula is C21H18Cl2N2O3S. The quantitative estimate of drug-likeness (QED) is 0.470. The van der Waals surface area contributed by atoms with Crippen molar-refractivity contribution >= 4 is 51.7 Å². The molecule has 1 amide bonds. The standard InChI is InChI=1S/C21H18Cl2N2O3S/c1-27-18-7-3-13(9-19(18)28-2)4-8-20(26)25-21-24-12-16(29-21)11-14-10-15(22)5-6-17(14)23/h3-10,12H,11H2,1-2H3,(H,24,25,26)/b8-4+. The van der Waals surface area contributed by atoms with Crippen LogP contribution in [0.4, 0.5) is 5.13 Å². The van der Waals surface area contributed by atoms with Crippen LogP contribution in [0.25, 0.3) is 6.08 Å². The van der Waals surface area contributed by atoms with Crippen molar-refractivity contribution in [2.24, 2.45) is 0 Å². The van der Waals surface area contributed by atoms with Gasteiger partial charge < -0.3 is 9.47 Å². The number of anilines is 1. The Bertz CT molecular complexity index is 1050. The summed E-state index contributed by atoms with van der Waals surface area (Å²) in [6.45, 7) is 0. The second-order valence-corrected chi connectivity index (χ2v) is 7.94. The average Bonchev–Trinajstić information content (AvgIpc) is 3.15. The normalized spacial score (nSPS) is 10.9. The van der Waals surface area contributed by atoms with Gasteiger partial charge in [-0.15, -0.1) is 11.3 Å². The fourth-order valence-electron chi connectivity index (χ4n) is 2.59. The number of benzene rings is 2. The van der Waals surface area contributed by atoms with Gasteiger partial charge >= 0.3 is 0 Å². The first-order valence-electron chi connectivity index (χ1n) is 8.58. The number of ether oxygens (including phenoxy) is 2. The zero-order chi connectivity index (χ0) is 20.8. The topological polar surface area (TPSA) is 60.5 Å². The number of aromatic nitrogens is 1. The highest BCUT2D eigenvalue weighted by Crippen LogP contribution is 2.28. The molecule has 0 fully saturated rings. The number of hydrogen-bond acceptors (Lipinski definition) is 5. The fraction of sp³-hybridized carbons (Fsp3) is 0.143. The predicted octanol–water partition coefficient (Wildman–Crippen LogP) is 5.71. The minimum Gasteiger partial charge on any atom is -0.493 e. The molecule has 29 heavy (non-hydrogen) atoms. The molecule has 8 heteroatoms. The van der Waals surface area contributed by atoms with E-state index in [-0.39, 0.29) is 5.91 Å². The van der Waals surface area contributed by atoms with Gasteiger partial charge in [-0.25, -0.2) is 4.98 Å². The minimum absolute atomic E-state index is 0.276. The number of amides is 1. The zero-order valence-corrected chi connectivity index (χ0v) is 18.1. The minimum atomic E-state index is -0.276. The van der Waals surface area contributed by atoms with E-state index in [1.165, 1.54) is 17.4 Å². The Balaban J connectivity index is 1.63. The summed E-state index contributed by atoms with van der Waals surface area (Å²) >= 11 is 13.6. The summed E-state index contributed by atoms with van der Waals surface area (Å²) in [5.74, 6) is 0.949. The number of nitrogens with zero attached hydrogens (tertiary/aromatic N) is 1. The molecule has 0 bridgehead atoms. The van der Waals surface area contributed by atoms with E-state index in [0.29, 0.717) is 33.1 Å². The lowest BCUT2D eigenvalue weighted by Gasteiger charge is -2.07. The van der Waals surface area contributed by atoms with Crippen LogP contribution in [0, 0.1) is 0 Å². The molecule has 1 heterocycles. The van der Waals surface area contributed by atoms with Crippen molar-refractivity contribution < 1.29 is 14.3 Å². The average molecular weight is 449 g/mol. The highest BCUT2D eigenvalue weighted by molar-refractivity contribution is 7.15. The molecule has 3 rings (SSSR count). The summed E-state index contributed by atoms with van der Waals surface area (Å²) in [6, 6.07) is 10.7. The maximum atomic E-state index is 12.2. The lowest BCUT2D eigenvalue weighted by molar-refractivity contribution is -0.111. The summed E-state index contributed by atoms with van der Waals surface area (Å²) in [5, 5.41) is 4.55. The van der Waals surface area contributed by atoms with Crippen molar-refractivity contribution in [3.8, 4) is 11.5 Å². The van der Waals surface area contributed by atoms with Crippen LogP contribution in [-0.4, -0.2) is 25.1 Å². The largest absolute Gasteiger partial charge is 0.493 e. The van der Waals surface area contributed by atoms with Crippen molar-refractivity contribution in [3.63, 3.8) is 0 Å². The number of thiazole rings is 1. The van der Waals surface area contributed by atoms with E-state index in [2.05, 4.69) is 10.3 Å². The van der Waals surface area contributed by atoms with Crippen LogP contribution in [-0.2, 0) is 11.2 Å². The first kappa shape index (κ1) is 21.2. The molecule has 0 spiro atoms.